The van der Waals surface area contributed by atoms with Crippen molar-refractivity contribution in [1.82, 2.24) is 15.5 Å². The Morgan fingerprint density at radius 1 is 1.32 bits per heavy atom. The van der Waals surface area contributed by atoms with Crippen molar-refractivity contribution in [2.75, 3.05) is 19.6 Å². The van der Waals surface area contributed by atoms with E-state index in [-0.39, 0.29) is 37.4 Å². The van der Waals surface area contributed by atoms with E-state index in [2.05, 4.69) is 10.6 Å². The fourth-order valence-electron chi connectivity index (χ4n) is 2.42. The lowest BCUT2D eigenvalue weighted by atomic mass is 10.0. The van der Waals surface area contributed by atoms with Crippen LogP contribution in [0.2, 0.25) is 0 Å². The van der Waals surface area contributed by atoms with E-state index >= 15 is 0 Å². The number of carboxylic acids is 1. The van der Waals surface area contributed by atoms with Gasteiger partial charge in [-0.1, -0.05) is 30.3 Å². The molecule has 0 spiro atoms. The summed E-state index contributed by atoms with van der Waals surface area (Å²) in [6, 6.07) is 8.64. The van der Waals surface area contributed by atoms with E-state index < -0.39 is 5.97 Å². The highest BCUT2D eigenvalue weighted by Crippen LogP contribution is 2.25. The first-order valence-electron chi connectivity index (χ1n) is 7.16. The first-order chi connectivity index (χ1) is 10.6. The molecule has 22 heavy (non-hydrogen) atoms. The van der Waals surface area contributed by atoms with Gasteiger partial charge >= 0.3 is 12.0 Å². The number of hydrogen-bond donors (Lipinski definition) is 3. The van der Waals surface area contributed by atoms with E-state index in [1.807, 2.05) is 30.3 Å². The van der Waals surface area contributed by atoms with Crippen LogP contribution in [0.15, 0.2) is 30.3 Å². The molecule has 1 aromatic carbocycles. The Morgan fingerprint density at radius 2 is 2.05 bits per heavy atom. The van der Waals surface area contributed by atoms with Crippen molar-refractivity contribution in [3.05, 3.63) is 35.9 Å². The molecule has 0 bridgehead atoms. The molecule has 3 amide bonds. The van der Waals surface area contributed by atoms with Crippen LogP contribution in [0.5, 0.6) is 0 Å². The molecule has 3 N–H and O–H groups in total. The van der Waals surface area contributed by atoms with E-state index in [0.29, 0.717) is 13.1 Å². The summed E-state index contributed by atoms with van der Waals surface area (Å²) in [4.78, 5) is 36.2. The number of carbonyl (C=O) groups excluding carboxylic acids is 2. The molecule has 1 aromatic rings. The summed E-state index contributed by atoms with van der Waals surface area (Å²) >= 11 is 0. The van der Waals surface area contributed by atoms with E-state index in [1.165, 1.54) is 0 Å². The maximum atomic E-state index is 12.3. The molecule has 1 saturated heterocycles. The first kappa shape index (κ1) is 15.8. The number of rotatable bonds is 4. The summed E-state index contributed by atoms with van der Waals surface area (Å²) in [5.74, 6) is -1.07. The van der Waals surface area contributed by atoms with Gasteiger partial charge < -0.3 is 20.6 Å². The van der Waals surface area contributed by atoms with Gasteiger partial charge in [-0.05, 0) is 5.56 Å². The van der Waals surface area contributed by atoms with Crippen molar-refractivity contribution in [2.24, 2.45) is 0 Å². The fraction of sp³-hybridized carbons (Fsp3) is 0.400. The van der Waals surface area contributed by atoms with Crippen molar-refractivity contribution < 1.29 is 19.5 Å². The van der Waals surface area contributed by atoms with Crippen LogP contribution in [0.4, 0.5) is 4.79 Å². The Morgan fingerprint density at radius 3 is 2.73 bits per heavy atom. The van der Waals surface area contributed by atoms with Crippen molar-refractivity contribution in [1.29, 1.82) is 0 Å². The Kier molecular flexibility index (Phi) is 5.35. The number of aliphatic carboxylic acids is 1. The van der Waals surface area contributed by atoms with Crippen molar-refractivity contribution in [2.45, 2.75) is 18.9 Å². The van der Waals surface area contributed by atoms with Crippen molar-refractivity contribution >= 4 is 17.9 Å². The second-order valence-corrected chi connectivity index (χ2v) is 5.05. The van der Waals surface area contributed by atoms with Gasteiger partial charge in [-0.3, -0.25) is 9.59 Å². The van der Waals surface area contributed by atoms with Gasteiger partial charge in [-0.2, -0.15) is 0 Å². The van der Waals surface area contributed by atoms with Crippen LogP contribution in [-0.4, -0.2) is 47.5 Å². The summed E-state index contributed by atoms with van der Waals surface area (Å²) in [7, 11) is 0. The third-order valence-corrected chi connectivity index (χ3v) is 3.49. The fourth-order valence-corrected chi connectivity index (χ4v) is 2.42. The minimum atomic E-state index is -0.965. The van der Waals surface area contributed by atoms with Crippen LogP contribution in [-0.2, 0) is 9.59 Å². The number of amides is 3. The highest BCUT2D eigenvalue weighted by Gasteiger charge is 2.29. The van der Waals surface area contributed by atoms with Gasteiger partial charge in [0, 0.05) is 19.6 Å². The van der Waals surface area contributed by atoms with Crippen LogP contribution >= 0.6 is 0 Å². The first-order valence-corrected chi connectivity index (χ1v) is 7.16. The number of nitrogens with zero attached hydrogens (tertiary/aromatic N) is 1. The molecule has 0 saturated carbocycles. The van der Waals surface area contributed by atoms with Crippen molar-refractivity contribution in [3.8, 4) is 0 Å². The smallest absolute Gasteiger partial charge is 0.318 e. The van der Waals surface area contributed by atoms with E-state index in [1.54, 1.807) is 4.90 Å². The van der Waals surface area contributed by atoms with Gasteiger partial charge in [-0.15, -0.1) is 0 Å². The highest BCUT2D eigenvalue weighted by atomic mass is 16.4. The average molecular weight is 305 g/mol. The molecule has 1 aliphatic rings. The molecule has 1 fully saturated rings. The molecule has 1 unspecified atom stereocenters. The molecule has 0 aliphatic carbocycles. The maximum absolute atomic E-state index is 12.3. The molecule has 0 aromatic heterocycles. The highest BCUT2D eigenvalue weighted by molar-refractivity contribution is 5.80. The number of nitrogens with one attached hydrogen (secondary N) is 2. The normalized spacial score (nSPS) is 18.3. The zero-order valence-electron chi connectivity index (χ0n) is 12.1. The lowest BCUT2D eigenvalue weighted by Gasteiger charge is -2.29. The third-order valence-electron chi connectivity index (χ3n) is 3.49. The quantitative estimate of drug-likeness (QED) is 0.764. The Balaban J connectivity index is 2.12. The van der Waals surface area contributed by atoms with Gasteiger partial charge in [0.2, 0.25) is 5.91 Å². The molecule has 1 atom stereocenters. The predicted octanol–water partition coefficient (Wildman–Crippen LogP) is 0.734. The zero-order valence-corrected chi connectivity index (χ0v) is 12.1. The molecular formula is C15H19N3O4. The van der Waals surface area contributed by atoms with Gasteiger partial charge in [0.15, 0.2) is 0 Å². The summed E-state index contributed by atoms with van der Waals surface area (Å²) in [6.45, 7) is 0.826. The Labute approximate surface area is 128 Å². The minimum Gasteiger partial charge on any atom is -0.481 e. The molecule has 118 valence electrons. The summed E-state index contributed by atoms with van der Waals surface area (Å²) in [5, 5.41) is 14.0. The molecular weight excluding hydrogens is 286 g/mol. The van der Waals surface area contributed by atoms with Crippen molar-refractivity contribution in [3.63, 3.8) is 0 Å². The maximum Gasteiger partial charge on any atom is 0.318 e. The SMILES string of the molecule is O=C(O)CCNC(=O)N1CCNC(=O)CC1c1ccccc1. The molecule has 1 heterocycles. The van der Waals surface area contributed by atoms with E-state index in [0.717, 1.165) is 5.56 Å². The molecule has 7 heteroatoms. The molecule has 2 rings (SSSR count). The molecule has 7 nitrogen and oxygen atoms in total. The topological polar surface area (TPSA) is 98.7 Å². The lowest BCUT2D eigenvalue weighted by molar-refractivity contribution is -0.136. The number of carboxylic acid groups (broad SMARTS) is 1. The largest absolute Gasteiger partial charge is 0.481 e. The average Bonchev–Trinajstić information content (AvgIpc) is 2.69. The van der Waals surface area contributed by atoms with Crippen LogP contribution in [0, 0.1) is 0 Å². The minimum absolute atomic E-state index is 0.0630. The van der Waals surface area contributed by atoms with Crippen LogP contribution < -0.4 is 10.6 Å². The van der Waals surface area contributed by atoms with Gasteiger partial charge in [0.25, 0.3) is 0 Å². The third kappa shape index (κ3) is 4.21. The summed E-state index contributed by atoms with van der Waals surface area (Å²) < 4.78 is 0. The van der Waals surface area contributed by atoms with Gasteiger partial charge in [-0.25, -0.2) is 4.79 Å². The predicted molar refractivity (Wildman–Crippen MR) is 79.2 cm³/mol. The number of benzene rings is 1. The van der Waals surface area contributed by atoms with Gasteiger partial charge in [0.1, 0.15) is 0 Å². The summed E-state index contributed by atoms with van der Waals surface area (Å²) in [5.41, 5.74) is 0.882. The zero-order chi connectivity index (χ0) is 15.9. The molecule has 0 radical (unpaired) electrons. The Bertz CT molecular complexity index is 547. The van der Waals surface area contributed by atoms with Gasteiger partial charge in [0.05, 0.1) is 18.9 Å². The molecule has 1 aliphatic heterocycles. The number of carbonyl (C=O) groups is 3. The van der Waals surface area contributed by atoms with Crippen LogP contribution in [0.1, 0.15) is 24.4 Å². The Hall–Kier alpha value is -2.57. The van der Waals surface area contributed by atoms with E-state index in [9.17, 15) is 14.4 Å². The second kappa shape index (κ2) is 7.44. The van der Waals surface area contributed by atoms with Crippen LogP contribution in [0.3, 0.4) is 0 Å². The lowest BCUT2D eigenvalue weighted by Crippen LogP contribution is -2.43. The second-order valence-electron chi connectivity index (χ2n) is 5.05. The standard InChI is InChI=1S/C15H19N3O4/c19-13-10-12(11-4-2-1-3-5-11)18(9-8-16-13)15(22)17-7-6-14(20)21/h1-5,12H,6-10H2,(H,16,19)(H,17,22)(H,20,21). The van der Waals surface area contributed by atoms with Crippen LogP contribution in [0.25, 0.3) is 0 Å². The number of urea groups is 1. The summed E-state index contributed by atoms with van der Waals surface area (Å²) in [6.07, 6.45) is 0.0587. The number of hydrogen-bond acceptors (Lipinski definition) is 3. The monoisotopic (exact) mass is 305 g/mol. The van der Waals surface area contributed by atoms with E-state index in [4.69, 9.17) is 5.11 Å².